The van der Waals surface area contributed by atoms with E-state index < -0.39 is 11.9 Å². The van der Waals surface area contributed by atoms with Crippen molar-refractivity contribution in [1.29, 1.82) is 5.26 Å². The van der Waals surface area contributed by atoms with E-state index in [1.54, 1.807) is 24.3 Å². The smallest absolute Gasteiger partial charge is 0.337 e. The van der Waals surface area contributed by atoms with Crippen molar-refractivity contribution in [1.82, 2.24) is 4.98 Å². The number of benzene rings is 1. The number of nitrogens with one attached hydrogen (secondary N) is 1. The number of hydrogen-bond acceptors (Lipinski definition) is 5. The Labute approximate surface area is 121 Å². The molecular weight excluding hydrogens is 270 g/mol. The fourth-order valence-electron chi connectivity index (χ4n) is 1.60. The Morgan fingerprint density at radius 2 is 1.90 bits per heavy atom. The minimum absolute atomic E-state index is 0.200. The monoisotopic (exact) mass is 281 g/mol. The Morgan fingerprint density at radius 3 is 2.43 bits per heavy atom. The molecule has 0 fully saturated rings. The number of anilines is 1. The lowest BCUT2D eigenvalue weighted by molar-refractivity contribution is 0.0600. The number of nitriles is 1. The molecule has 6 heteroatoms. The van der Waals surface area contributed by atoms with Gasteiger partial charge in [0.1, 0.15) is 11.8 Å². The molecule has 2 rings (SSSR count). The predicted molar refractivity (Wildman–Crippen MR) is 74.7 cm³/mol. The molecular formula is C15H11N3O3. The molecule has 0 atom stereocenters. The van der Waals surface area contributed by atoms with Crippen molar-refractivity contribution in [2.75, 3.05) is 12.4 Å². The Hall–Kier alpha value is -3.20. The molecule has 0 spiro atoms. The lowest BCUT2D eigenvalue weighted by atomic mass is 10.2. The zero-order valence-corrected chi connectivity index (χ0v) is 11.2. The molecule has 0 saturated heterocycles. The summed E-state index contributed by atoms with van der Waals surface area (Å²) in [6, 6.07) is 11.2. The van der Waals surface area contributed by atoms with E-state index in [1.807, 2.05) is 6.07 Å². The standard InChI is InChI=1S/C15H11N3O3/c1-21-15(20)11-3-5-12(6-4-11)18-14(19)13-7-2-10(8-16)9-17-13/h2-7,9H,1H3,(H,18,19). The molecule has 21 heavy (non-hydrogen) atoms. The summed E-state index contributed by atoms with van der Waals surface area (Å²) in [6.45, 7) is 0. The Morgan fingerprint density at radius 1 is 1.19 bits per heavy atom. The van der Waals surface area contributed by atoms with Crippen LogP contribution in [0, 0.1) is 11.3 Å². The quantitative estimate of drug-likeness (QED) is 0.868. The SMILES string of the molecule is COC(=O)c1ccc(NC(=O)c2ccc(C#N)cn2)cc1. The maximum absolute atomic E-state index is 11.9. The van der Waals surface area contributed by atoms with Crippen molar-refractivity contribution < 1.29 is 14.3 Å². The van der Waals surface area contributed by atoms with Gasteiger partial charge < -0.3 is 10.1 Å². The maximum atomic E-state index is 11.9. The Bertz CT molecular complexity index is 700. The minimum atomic E-state index is -0.443. The van der Waals surface area contributed by atoms with Crippen LogP contribution in [-0.4, -0.2) is 24.0 Å². The van der Waals surface area contributed by atoms with Crippen LogP contribution in [0.15, 0.2) is 42.6 Å². The number of amides is 1. The van der Waals surface area contributed by atoms with Gasteiger partial charge in [-0.2, -0.15) is 5.26 Å². The molecule has 0 saturated carbocycles. The van der Waals surface area contributed by atoms with E-state index >= 15 is 0 Å². The maximum Gasteiger partial charge on any atom is 0.337 e. The molecule has 1 N–H and O–H groups in total. The fourth-order valence-corrected chi connectivity index (χ4v) is 1.60. The van der Waals surface area contributed by atoms with Gasteiger partial charge in [0.05, 0.1) is 18.2 Å². The third-order valence-corrected chi connectivity index (χ3v) is 2.69. The first-order chi connectivity index (χ1) is 10.1. The van der Waals surface area contributed by atoms with E-state index in [0.29, 0.717) is 16.8 Å². The van der Waals surface area contributed by atoms with Gasteiger partial charge in [0, 0.05) is 11.9 Å². The number of aromatic nitrogens is 1. The van der Waals surface area contributed by atoms with E-state index in [-0.39, 0.29) is 5.69 Å². The van der Waals surface area contributed by atoms with E-state index in [1.165, 1.54) is 25.4 Å². The first-order valence-corrected chi connectivity index (χ1v) is 6.00. The third-order valence-electron chi connectivity index (χ3n) is 2.69. The van der Waals surface area contributed by atoms with Gasteiger partial charge in [-0.1, -0.05) is 0 Å². The molecule has 0 unspecified atom stereocenters. The number of carbonyl (C=O) groups is 2. The summed E-state index contributed by atoms with van der Waals surface area (Å²) in [6.07, 6.45) is 1.33. The van der Waals surface area contributed by atoms with Crippen LogP contribution in [0.2, 0.25) is 0 Å². The summed E-state index contributed by atoms with van der Waals surface area (Å²) >= 11 is 0. The zero-order chi connectivity index (χ0) is 15.2. The average molecular weight is 281 g/mol. The molecule has 0 aliphatic rings. The fraction of sp³-hybridized carbons (Fsp3) is 0.0667. The highest BCUT2D eigenvalue weighted by molar-refractivity contribution is 6.03. The highest BCUT2D eigenvalue weighted by atomic mass is 16.5. The molecule has 0 aliphatic heterocycles. The molecule has 1 amide bonds. The second-order valence-electron chi connectivity index (χ2n) is 4.07. The number of ether oxygens (including phenoxy) is 1. The van der Waals surface area contributed by atoms with Crippen LogP contribution in [-0.2, 0) is 4.74 Å². The van der Waals surface area contributed by atoms with E-state index in [4.69, 9.17) is 5.26 Å². The molecule has 1 aromatic carbocycles. The first kappa shape index (κ1) is 14.2. The van der Waals surface area contributed by atoms with Crippen LogP contribution >= 0.6 is 0 Å². The highest BCUT2D eigenvalue weighted by Crippen LogP contribution is 2.11. The molecule has 1 aromatic heterocycles. The van der Waals surface area contributed by atoms with Crippen LogP contribution in [0.3, 0.4) is 0 Å². The van der Waals surface area contributed by atoms with E-state index in [9.17, 15) is 9.59 Å². The van der Waals surface area contributed by atoms with Crippen molar-refractivity contribution >= 4 is 17.6 Å². The number of pyridine rings is 1. The number of nitrogens with zero attached hydrogens (tertiary/aromatic N) is 2. The van der Waals surface area contributed by atoms with Crippen molar-refractivity contribution in [3.8, 4) is 6.07 Å². The summed E-state index contributed by atoms with van der Waals surface area (Å²) in [7, 11) is 1.30. The van der Waals surface area contributed by atoms with Gasteiger partial charge in [-0.25, -0.2) is 9.78 Å². The second-order valence-corrected chi connectivity index (χ2v) is 4.07. The summed E-state index contributed by atoms with van der Waals surface area (Å²) in [5, 5.41) is 11.3. The van der Waals surface area contributed by atoms with Crippen LogP contribution in [0.5, 0.6) is 0 Å². The number of hydrogen-bond donors (Lipinski definition) is 1. The molecule has 0 radical (unpaired) electrons. The van der Waals surface area contributed by atoms with Gasteiger partial charge in [0.25, 0.3) is 5.91 Å². The normalized spacial score (nSPS) is 9.52. The van der Waals surface area contributed by atoms with Gasteiger partial charge in [-0.05, 0) is 36.4 Å². The molecule has 104 valence electrons. The summed E-state index contributed by atoms with van der Waals surface area (Å²) < 4.78 is 4.59. The average Bonchev–Trinajstić information content (AvgIpc) is 2.55. The molecule has 0 aliphatic carbocycles. The molecule has 1 heterocycles. The van der Waals surface area contributed by atoms with Crippen molar-refractivity contribution in [3.63, 3.8) is 0 Å². The predicted octanol–water partition coefficient (Wildman–Crippen LogP) is 1.99. The summed E-state index contributed by atoms with van der Waals surface area (Å²) in [5.74, 6) is -0.841. The number of methoxy groups -OCH3 is 1. The van der Waals surface area contributed by atoms with Gasteiger partial charge >= 0.3 is 5.97 Å². The first-order valence-electron chi connectivity index (χ1n) is 6.00. The van der Waals surface area contributed by atoms with Crippen LogP contribution in [0.1, 0.15) is 26.4 Å². The lowest BCUT2D eigenvalue weighted by Gasteiger charge is -2.05. The number of esters is 1. The molecule has 0 bridgehead atoms. The zero-order valence-electron chi connectivity index (χ0n) is 11.2. The Kier molecular flexibility index (Phi) is 4.26. The van der Waals surface area contributed by atoms with Gasteiger partial charge in [-0.15, -0.1) is 0 Å². The number of rotatable bonds is 3. The number of carbonyl (C=O) groups excluding carboxylic acids is 2. The van der Waals surface area contributed by atoms with Crippen LogP contribution in [0.25, 0.3) is 0 Å². The lowest BCUT2D eigenvalue weighted by Crippen LogP contribution is -2.13. The summed E-state index contributed by atoms with van der Waals surface area (Å²) in [5.41, 5.74) is 1.51. The molecule has 2 aromatic rings. The van der Waals surface area contributed by atoms with Gasteiger partial charge in [0.2, 0.25) is 0 Å². The van der Waals surface area contributed by atoms with Crippen LogP contribution < -0.4 is 5.32 Å². The minimum Gasteiger partial charge on any atom is -0.465 e. The van der Waals surface area contributed by atoms with Gasteiger partial charge in [-0.3, -0.25) is 4.79 Å². The third kappa shape index (κ3) is 3.42. The largest absolute Gasteiger partial charge is 0.465 e. The summed E-state index contributed by atoms with van der Waals surface area (Å²) in [4.78, 5) is 27.1. The Balaban J connectivity index is 2.08. The van der Waals surface area contributed by atoms with Crippen LogP contribution in [0.4, 0.5) is 5.69 Å². The van der Waals surface area contributed by atoms with Crippen molar-refractivity contribution in [2.45, 2.75) is 0 Å². The van der Waals surface area contributed by atoms with E-state index in [2.05, 4.69) is 15.0 Å². The van der Waals surface area contributed by atoms with Crippen molar-refractivity contribution in [3.05, 3.63) is 59.4 Å². The molecule has 6 nitrogen and oxygen atoms in total. The van der Waals surface area contributed by atoms with E-state index in [0.717, 1.165) is 0 Å². The van der Waals surface area contributed by atoms with Gasteiger partial charge in [0.15, 0.2) is 0 Å². The second kappa shape index (κ2) is 6.30. The van der Waals surface area contributed by atoms with Crippen molar-refractivity contribution in [2.24, 2.45) is 0 Å². The highest BCUT2D eigenvalue weighted by Gasteiger charge is 2.09. The topological polar surface area (TPSA) is 92.1 Å².